The number of amides is 1. The van der Waals surface area contributed by atoms with Gasteiger partial charge < -0.3 is 19.5 Å². The van der Waals surface area contributed by atoms with Crippen molar-refractivity contribution >= 4 is 12.0 Å². The van der Waals surface area contributed by atoms with Gasteiger partial charge in [0.2, 0.25) is 12.7 Å². The van der Waals surface area contributed by atoms with Crippen molar-refractivity contribution < 1.29 is 19.0 Å². The number of hydrogen-bond donors (Lipinski definition) is 1. The Morgan fingerprint density at radius 3 is 3.05 bits per heavy atom. The molecule has 5 heteroatoms. The molecule has 2 rings (SSSR count). The maximum atomic E-state index is 11.6. The summed E-state index contributed by atoms with van der Waals surface area (Å²) in [5, 5.41) is 2.80. The highest BCUT2D eigenvalue weighted by atomic mass is 16.7. The van der Waals surface area contributed by atoms with Crippen LogP contribution in [0, 0.1) is 0 Å². The van der Waals surface area contributed by atoms with Crippen molar-refractivity contribution in [3.05, 3.63) is 29.8 Å². The number of rotatable bonds is 5. The minimum absolute atomic E-state index is 0.0149. The summed E-state index contributed by atoms with van der Waals surface area (Å²) in [7, 11) is 1.60. The lowest BCUT2D eigenvalue weighted by Gasteiger charge is -2.10. The molecule has 19 heavy (non-hydrogen) atoms. The van der Waals surface area contributed by atoms with Crippen molar-refractivity contribution in [1.82, 2.24) is 5.32 Å². The van der Waals surface area contributed by atoms with Crippen LogP contribution in [0.25, 0.3) is 6.08 Å². The first-order valence-corrected chi connectivity index (χ1v) is 6.06. The van der Waals surface area contributed by atoms with E-state index in [1.165, 1.54) is 6.08 Å². The van der Waals surface area contributed by atoms with Crippen LogP contribution in [0.15, 0.2) is 24.3 Å². The number of ether oxygens (including phenoxy) is 3. The Morgan fingerprint density at radius 1 is 1.47 bits per heavy atom. The van der Waals surface area contributed by atoms with Gasteiger partial charge in [-0.25, -0.2) is 0 Å². The first kappa shape index (κ1) is 13.4. The van der Waals surface area contributed by atoms with Crippen molar-refractivity contribution in [2.45, 2.75) is 13.0 Å². The Balaban J connectivity index is 1.93. The third-order valence-corrected chi connectivity index (χ3v) is 2.63. The van der Waals surface area contributed by atoms with E-state index < -0.39 is 0 Å². The van der Waals surface area contributed by atoms with Gasteiger partial charge >= 0.3 is 0 Å². The van der Waals surface area contributed by atoms with Crippen molar-refractivity contribution in [2.75, 3.05) is 20.5 Å². The van der Waals surface area contributed by atoms with Crippen LogP contribution in [-0.4, -0.2) is 32.5 Å². The zero-order valence-electron chi connectivity index (χ0n) is 11.0. The first-order chi connectivity index (χ1) is 9.19. The fraction of sp³-hybridized carbons (Fsp3) is 0.357. The summed E-state index contributed by atoms with van der Waals surface area (Å²) < 4.78 is 15.4. The Morgan fingerprint density at radius 2 is 2.26 bits per heavy atom. The Hall–Kier alpha value is -2.01. The molecule has 0 saturated carbocycles. The molecule has 0 unspecified atom stereocenters. The average Bonchev–Trinajstić information content (AvgIpc) is 2.83. The molecule has 0 spiro atoms. The molecule has 1 N–H and O–H groups in total. The van der Waals surface area contributed by atoms with Gasteiger partial charge in [-0.2, -0.15) is 0 Å². The lowest BCUT2D eigenvalue weighted by molar-refractivity contribution is -0.117. The highest BCUT2D eigenvalue weighted by Gasteiger charge is 2.12. The fourth-order valence-electron chi connectivity index (χ4n) is 1.77. The molecule has 0 saturated heterocycles. The Kier molecular flexibility index (Phi) is 4.41. The summed E-state index contributed by atoms with van der Waals surface area (Å²) in [5.41, 5.74) is 0.888. The van der Waals surface area contributed by atoms with Gasteiger partial charge in [-0.3, -0.25) is 4.79 Å². The van der Waals surface area contributed by atoms with E-state index >= 15 is 0 Å². The molecular weight excluding hydrogens is 246 g/mol. The second-order valence-electron chi connectivity index (χ2n) is 4.31. The van der Waals surface area contributed by atoms with Gasteiger partial charge in [-0.15, -0.1) is 0 Å². The minimum Gasteiger partial charge on any atom is -0.454 e. The van der Waals surface area contributed by atoms with Crippen LogP contribution in [-0.2, 0) is 9.53 Å². The number of benzene rings is 1. The molecule has 1 atom stereocenters. The number of hydrogen-bond acceptors (Lipinski definition) is 4. The minimum atomic E-state index is -0.151. The van der Waals surface area contributed by atoms with E-state index in [1.54, 1.807) is 13.2 Å². The predicted octanol–water partition coefficient (Wildman–Crippen LogP) is 1.58. The van der Waals surface area contributed by atoms with Crippen LogP contribution >= 0.6 is 0 Å². The topological polar surface area (TPSA) is 56.8 Å². The molecule has 1 aromatic rings. The lowest BCUT2D eigenvalue weighted by Crippen LogP contribution is -2.34. The number of fused-ring (bicyclic) bond motifs is 1. The first-order valence-electron chi connectivity index (χ1n) is 6.06. The van der Waals surface area contributed by atoms with Crippen molar-refractivity contribution in [1.29, 1.82) is 0 Å². The maximum Gasteiger partial charge on any atom is 0.244 e. The van der Waals surface area contributed by atoms with E-state index in [9.17, 15) is 4.79 Å². The molecule has 1 aliphatic heterocycles. The van der Waals surface area contributed by atoms with E-state index in [0.29, 0.717) is 12.4 Å². The third-order valence-electron chi connectivity index (χ3n) is 2.63. The molecule has 0 fully saturated rings. The molecule has 1 amide bonds. The SMILES string of the molecule is COC[C@@H](C)NC(=O)/C=C/c1ccc2c(c1)OCO2. The molecule has 0 radical (unpaired) electrons. The second-order valence-corrected chi connectivity index (χ2v) is 4.31. The molecule has 5 nitrogen and oxygen atoms in total. The van der Waals surface area contributed by atoms with E-state index in [-0.39, 0.29) is 18.7 Å². The maximum absolute atomic E-state index is 11.6. The van der Waals surface area contributed by atoms with Gasteiger partial charge in [-0.05, 0) is 30.7 Å². The van der Waals surface area contributed by atoms with Crippen LogP contribution in [0.2, 0.25) is 0 Å². The standard InChI is InChI=1S/C14H17NO4/c1-10(8-17-2)15-14(16)6-4-11-3-5-12-13(7-11)19-9-18-12/h3-7,10H,8-9H2,1-2H3,(H,15,16)/b6-4+/t10-/m1/s1. The smallest absolute Gasteiger partial charge is 0.244 e. The second kappa shape index (κ2) is 6.24. The summed E-state index contributed by atoms with van der Waals surface area (Å²) in [4.78, 5) is 11.6. The monoisotopic (exact) mass is 263 g/mol. The van der Waals surface area contributed by atoms with Gasteiger partial charge in [-0.1, -0.05) is 6.07 Å². The predicted molar refractivity (Wildman–Crippen MR) is 71.1 cm³/mol. The summed E-state index contributed by atoms with van der Waals surface area (Å²) >= 11 is 0. The molecule has 1 aromatic carbocycles. The number of nitrogens with one attached hydrogen (secondary N) is 1. The fourth-order valence-corrected chi connectivity index (χ4v) is 1.77. The quantitative estimate of drug-likeness (QED) is 0.819. The summed E-state index contributed by atoms with van der Waals surface area (Å²) in [6.07, 6.45) is 3.22. The normalized spacial score (nSPS) is 14.6. The molecule has 0 aromatic heterocycles. The summed E-state index contributed by atoms with van der Waals surface area (Å²) in [6.45, 7) is 2.62. The number of carbonyl (C=O) groups is 1. The molecule has 0 aliphatic carbocycles. The zero-order chi connectivity index (χ0) is 13.7. The van der Waals surface area contributed by atoms with Crippen LogP contribution < -0.4 is 14.8 Å². The van der Waals surface area contributed by atoms with Gasteiger partial charge in [0, 0.05) is 19.2 Å². The highest BCUT2D eigenvalue weighted by molar-refractivity contribution is 5.92. The summed E-state index contributed by atoms with van der Waals surface area (Å²) in [6, 6.07) is 5.52. The molecule has 1 aliphatic rings. The van der Waals surface area contributed by atoms with Crippen LogP contribution in [0.5, 0.6) is 11.5 Å². The Labute approximate surface area is 112 Å². The van der Waals surface area contributed by atoms with Crippen LogP contribution in [0.3, 0.4) is 0 Å². The largest absolute Gasteiger partial charge is 0.454 e. The van der Waals surface area contributed by atoms with Crippen molar-refractivity contribution in [3.63, 3.8) is 0 Å². The number of methoxy groups -OCH3 is 1. The lowest BCUT2D eigenvalue weighted by atomic mass is 10.2. The van der Waals surface area contributed by atoms with E-state index in [0.717, 1.165) is 11.3 Å². The molecule has 0 bridgehead atoms. The van der Waals surface area contributed by atoms with Gasteiger partial charge in [0.25, 0.3) is 0 Å². The number of carbonyl (C=O) groups excluding carboxylic acids is 1. The highest BCUT2D eigenvalue weighted by Crippen LogP contribution is 2.32. The van der Waals surface area contributed by atoms with Crippen LogP contribution in [0.1, 0.15) is 12.5 Å². The molecule has 1 heterocycles. The van der Waals surface area contributed by atoms with Gasteiger partial charge in [0.15, 0.2) is 11.5 Å². The van der Waals surface area contributed by atoms with Crippen molar-refractivity contribution in [2.24, 2.45) is 0 Å². The summed E-state index contributed by atoms with van der Waals surface area (Å²) in [5.74, 6) is 1.29. The van der Waals surface area contributed by atoms with Gasteiger partial charge in [0.05, 0.1) is 6.61 Å². The Bertz CT molecular complexity index is 484. The molecular formula is C14H17NO4. The van der Waals surface area contributed by atoms with E-state index in [1.807, 2.05) is 25.1 Å². The third kappa shape index (κ3) is 3.72. The van der Waals surface area contributed by atoms with Crippen LogP contribution in [0.4, 0.5) is 0 Å². The molecule has 102 valence electrons. The van der Waals surface area contributed by atoms with E-state index in [4.69, 9.17) is 14.2 Å². The average molecular weight is 263 g/mol. The van der Waals surface area contributed by atoms with Gasteiger partial charge in [0.1, 0.15) is 0 Å². The van der Waals surface area contributed by atoms with Crippen molar-refractivity contribution in [3.8, 4) is 11.5 Å². The van der Waals surface area contributed by atoms with E-state index in [2.05, 4.69) is 5.32 Å². The zero-order valence-corrected chi connectivity index (χ0v) is 11.0.